The van der Waals surface area contributed by atoms with E-state index in [-0.39, 0.29) is 36.0 Å². The Hall–Kier alpha value is -0.250. The van der Waals surface area contributed by atoms with Crippen LogP contribution in [0.4, 0.5) is 0 Å². The minimum Gasteiger partial charge on any atom is -0.550 e. The maximum atomic E-state index is 10.1. The first-order valence-electron chi connectivity index (χ1n) is 3.00. The van der Waals surface area contributed by atoms with Gasteiger partial charge in [-0.3, -0.25) is 0 Å². The number of aliphatic carboxylic acids is 1. The van der Waals surface area contributed by atoms with Crippen LogP contribution in [-0.2, 0) is 18.3 Å². The third-order valence-corrected chi connectivity index (χ3v) is 1.38. The van der Waals surface area contributed by atoms with Crippen molar-refractivity contribution < 1.29 is 39.5 Å². The van der Waals surface area contributed by atoms with E-state index in [9.17, 15) is 9.90 Å². The molecule has 0 saturated carbocycles. The number of carbonyl (C=O) groups is 1. The molecular weight excluding hydrogens is 153 g/mol. The van der Waals surface area contributed by atoms with Gasteiger partial charge in [0, 0.05) is 31.3 Å². The van der Waals surface area contributed by atoms with Gasteiger partial charge < -0.3 is 14.5 Å². The molecule has 0 aliphatic heterocycles. The Morgan fingerprint density at radius 1 is 1.73 bits per heavy atom. The van der Waals surface area contributed by atoms with Crippen molar-refractivity contribution >= 4 is 5.97 Å². The third kappa shape index (κ3) is 3.10. The molecule has 0 atom stereocenters. The van der Waals surface area contributed by atoms with Crippen molar-refractivity contribution in [2.45, 2.75) is 6.42 Å². The average molecular weight is 161 g/mol. The van der Waals surface area contributed by atoms with Crippen LogP contribution in [-0.4, -0.2) is 10.5 Å². The molecule has 0 saturated heterocycles. The number of hydrogen-bond donors (Lipinski definition) is 0. The molecule has 0 bridgehead atoms. The van der Waals surface area contributed by atoms with Gasteiger partial charge in [-0.1, -0.05) is 0 Å². The van der Waals surface area contributed by atoms with E-state index in [1.165, 1.54) is 0 Å². The van der Waals surface area contributed by atoms with Gasteiger partial charge in [-0.2, -0.15) is 0 Å². The number of aryl methyl sites for hydroxylation is 1. The summed E-state index contributed by atoms with van der Waals surface area (Å²) in [6.45, 7) is 0. The number of carboxylic acid groups (broad SMARTS) is 1. The van der Waals surface area contributed by atoms with Gasteiger partial charge in [-0.05, 0) is 12.1 Å². The van der Waals surface area contributed by atoms with E-state index in [4.69, 9.17) is 0 Å². The zero-order chi connectivity index (χ0) is 7.56. The van der Waals surface area contributed by atoms with Crippen LogP contribution in [0.1, 0.15) is 5.69 Å². The summed E-state index contributed by atoms with van der Waals surface area (Å²) in [5, 5.41) is 10.1. The second-order valence-electron chi connectivity index (χ2n) is 2.16. The van der Waals surface area contributed by atoms with E-state index in [2.05, 4.69) is 0 Å². The van der Waals surface area contributed by atoms with E-state index in [1.807, 2.05) is 0 Å². The number of hydrogen-bond acceptors (Lipinski definition) is 2. The van der Waals surface area contributed by atoms with Gasteiger partial charge in [-0.15, -0.1) is 0 Å². The van der Waals surface area contributed by atoms with Crippen LogP contribution in [0.25, 0.3) is 0 Å². The van der Waals surface area contributed by atoms with Crippen LogP contribution < -0.4 is 34.7 Å². The summed E-state index contributed by atoms with van der Waals surface area (Å²) in [7, 11) is 1.80. The summed E-state index contributed by atoms with van der Waals surface area (Å²) >= 11 is 0. The smallest absolute Gasteiger partial charge is 0.550 e. The fraction of sp³-hybridized carbons (Fsp3) is 0.286. The zero-order valence-electron chi connectivity index (χ0n) is 6.70. The Labute approximate surface area is 87.3 Å². The predicted molar refractivity (Wildman–Crippen MR) is 34.1 cm³/mol. The van der Waals surface area contributed by atoms with Gasteiger partial charge in [0.05, 0.1) is 0 Å². The number of nitrogens with zero attached hydrogens (tertiary/aromatic N) is 1. The Kier molecular flexibility index (Phi) is 4.49. The first kappa shape index (κ1) is 10.8. The van der Waals surface area contributed by atoms with E-state index in [0.717, 1.165) is 5.69 Å². The normalized spacial score (nSPS) is 8.82. The van der Waals surface area contributed by atoms with E-state index in [0.29, 0.717) is 0 Å². The van der Waals surface area contributed by atoms with Crippen molar-refractivity contribution in [3.8, 4) is 0 Å². The fourth-order valence-corrected chi connectivity index (χ4v) is 0.828. The minimum atomic E-state index is -1.04. The monoisotopic (exact) mass is 161 g/mol. The van der Waals surface area contributed by atoms with Crippen LogP contribution >= 0.6 is 0 Å². The van der Waals surface area contributed by atoms with Crippen LogP contribution in [0.2, 0.25) is 0 Å². The first-order chi connectivity index (χ1) is 4.70. The average Bonchev–Trinajstić information content (AvgIpc) is 2.15. The summed E-state index contributed by atoms with van der Waals surface area (Å²) in [6, 6.07) is 3.56. The van der Waals surface area contributed by atoms with Crippen molar-refractivity contribution in [3.05, 3.63) is 24.0 Å². The van der Waals surface area contributed by atoms with E-state index in [1.54, 1.807) is 29.9 Å². The van der Waals surface area contributed by atoms with Gasteiger partial charge >= 0.3 is 29.6 Å². The Balaban J connectivity index is 0.000001000. The molecule has 0 aromatic carbocycles. The van der Waals surface area contributed by atoms with E-state index < -0.39 is 5.97 Å². The molecule has 0 unspecified atom stereocenters. The Morgan fingerprint density at radius 3 is 2.73 bits per heavy atom. The van der Waals surface area contributed by atoms with Crippen molar-refractivity contribution in [2.75, 3.05) is 0 Å². The quantitative estimate of drug-likeness (QED) is 0.419. The molecule has 3 nitrogen and oxygen atoms in total. The molecule has 1 aromatic heterocycles. The number of carboxylic acids is 1. The molecule has 11 heavy (non-hydrogen) atoms. The summed E-state index contributed by atoms with van der Waals surface area (Å²) in [5.41, 5.74) is 0.764. The Morgan fingerprint density at radius 2 is 2.36 bits per heavy atom. The number of aromatic nitrogens is 1. The van der Waals surface area contributed by atoms with Crippen molar-refractivity contribution in [1.29, 1.82) is 0 Å². The molecule has 0 aliphatic rings. The second kappa shape index (κ2) is 4.59. The van der Waals surface area contributed by atoms with Gasteiger partial charge in [0.15, 0.2) is 0 Å². The molecular formula is C7H8NNaO2. The summed E-state index contributed by atoms with van der Waals surface area (Å²) in [6.07, 6.45) is 1.79. The summed E-state index contributed by atoms with van der Waals surface area (Å²) in [4.78, 5) is 10.1. The topological polar surface area (TPSA) is 45.1 Å². The first-order valence-corrected chi connectivity index (χ1v) is 3.00. The minimum absolute atomic E-state index is 0. The largest absolute Gasteiger partial charge is 1.00 e. The van der Waals surface area contributed by atoms with Gasteiger partial charge in [0.1, 0.15) is 0 Å². The predicted octanol–water partition coefficient (Wildman–Crippen LogP) is -3.68. The van der Waals surface area contributed by atoms with Crippen LogP contribution in [0.15, 0.2) is 18.3 Å². The zero-order valence-corrected chi connectivity index (χ0v) is 8.70. The maximum absolute atomic E-state index is 10.1. The van der Waals surface area contributed by atoms with Crippen molar-refractivity contribution in [2.24, 2.45) is 7.05 Å². The van der Waals surface area contributed by atoms with Crippen LogP contribution in [0, 0.1) is 0 Å². The standard InChI is InChI=1S/C7H9NO2.Na/c1-8-4-2-3-6(8)5-7(9)10;/h2-4H,5H2,1H3,(H,9,10);/q;+1/p-1. The summed E-state index contributed by atoms with van der Waals surface area (Å²) in [5.74, 6) is -1.04. The number of rotatable bonds is 2. The maximum Gasteiger partial charge on any atom is 1.00 e. The molecule has 0 spiro atoms. The molecule has 1 rings (SSSR count). The van der Waals surface area contributed by atoms with E-state index >= 15 is 0 Å². The summed E-state index contributed by atoms with van der Waals surface area (Å²) < 4.78 is 1.76. The van der Waals surface area contributed by atoms with Crippen molar-refractivity contribution in [3.63, 3.8) is 0 Å². The van der Waals surface area contributed by atoms with Crippen LogP contribution in [0.5, 0.6) is 0 Å². The van der Waals surface area contributed by atoms with Gasteiger partial charge in [-0.25, -0.2) is 0 Å². The molecule has 0 amide bonds. The molecule has 54 valence electrons. The van der Waals surface area contributed by atoms with Crippen molar-refractivity contribution in [1.82, 2.24) is 4.57 Å². The molecule has 1 aromatic rings. The van der Waals surface area contributed by atoms with Crippen LogP contribution in [0.3, 0.4) is 0 Å². The second-order valence-corrected chi connectivity index (χ2v) is 2.16. The SMILES string of the molecule is Cn1cccc1CC(=O)[O-].[Na+]. The van der Waals surface area contributed by atoms with Gasteiger partial charge in [0.25, 0.3) is 0 Å². The third-order valence-electron chi connectivity index (χ3n) is 1.38. The molecule has 1 heterocycles. The molecule has 0 fully saturated rings. The Bertz CT molecular complexity index is 244. The molecule has 0 N–H and O–H groups in total. The molecule has 0 radical (unpaired) electrons. The molecule has 0 aliphatic carbocycles. The fourth-order valence-electron chi connectivity index (χ4n) is 0.828. The molecule has 4 heteroatoms. The van der Waals surface area contributed by atoms with Gasteiger partial charge in [0.2, 0.25) is 0 Å². The number of carbonyl (C=O) groups excluding carboxylic acids is 1.